The van der Waals surface area contributed by atoms with Crippen molar-refractivity contribution in [3.63, 3.8) is 0 Å². The van der Waals surface area contributed by atoms with E-state index >= 15 is 0 Å². The van der Waals surface area contributed by atoms with Crippen molar-refractivity contribution in [2.24, 2.45) is 5.92 Å². The van der Waals surface area contributed by atoms with Crippen LogP contribution in [0.4, 0.5) is 0 Å². The molecule has 2 unspecified atom stereocenters. The molecule has 0 amide bonds. The summed E-state index contributed by atoms with van der Waals surface area (Å²) in [7, 11) is 0. The third-order valence-corrected chi connectivity index (χ3v) is 4.87. The normalized spacial score (nSPS) is 29.1. The largest absolute Gasteiger partial charge is 0.483 e. The Balaban J connectivity index is 2.08. The smallest absolute Gasteiger partial charge is 0.135 e. The first-order chi connectivity index (χ1) is 10.00. The van der Waals surface area contributed by atoms with Crippen molar-refractivity contribution in [3.05, 3.63) is 35.6 Å². The molecule has 2 heterocycles. The van der Waals surface area contributed by atoms with Crippen LogP contribution in [0.25, 0.3) is 0 Å². The molecule has 21 heavy (non-hydrogen) atoms. The molecule has 0 spiro atoms. The van der Waals surface area contributed by atoms with Gasteiger partial charge in [-0.25, -0.2) is 0 Å². The van der Waals surface area contributed by atoms with Crippen molar-refractivity contribution >= 4 is 0 Å². The summed E-state index contributed by atoms with van der Waals surface area (Å²) in [5.74, 6) is 1.58. The molecule has 0 aromatic rings. The molecule has 0 aromatic carbocycles. The Morgan fingerprint density at radius 3 is 2.71 bits per heavy atom. The predicted octanol–water partition coefficient (Wildman–Crippen LogP) is 5.17. The van der Waals surface area contributed by atoms with Crippen LogP contribution in [0.15, 0.2) is 35.6 Å². The van der Waals surface area contributed by atoms with E-state index in [4.69, 9.17) is 9.47 Å². The van der Waals surface area contributed by atoms with Crippen LogP contribution < -0.4 is 0 Å². The molecule has 1 saturated heterocycles. The molecule has 2 heteroatoms. The minimum Gasteiger partial charge on any atom is -0.483 e. The molecule has 0 aliphatic carbocycles. The molecular weight excluding hydrogens is 260 g/mol. The van der Waals surface area contributed by atoms with E-state index in [-0.39, 0.29) is 5.60 Å². The summed E-state index contributed by atoms with van der Waals surface area (Å²) in [6, 6.07) is 0. The Morgan fingerprint density at radius 2 is 2.14 bits per heavy atom. The number of hydrogen-bond acceptors (Lipinski definition) is 2. The van der Waals surface area contributed by atoms with Gasteiger partial charge in [-0.2, -0.15) is 0 Å². The highest BCUT2D eigenvalue weighted by molar-refractivity contribution is 5.49. The third-order valence-electron chi connectivity index (χ3n) is 4.87. The minimum atomic E-state index is -0.179. The molecule has 0 saturated carbocycles. The second-order valence-electron chi connectivity index (χ2n) is 6.67. The molecule has 0 aromatic heterocycles. The monoisotopic (exact) mass is 290 g/mol. The fourth-order valence-electron chi connectivity index (χ4n) is 3.92. The van der Waals surface area contributed by atoms with Crippen molar-refractivity contribution in [2.75, 3.05) is 13.2 Å². The van der Waals surface area contributed by atoms with E-state index < -0.39 is 0 Å². The summed E-state index contributed by atoms with van der Waals surface area (Å²) in [5, 5.41) is 0. The van der Waals surface area contributed by atoms with Crippen LogP contribution in [0, 0.1) is 5.92 Å². The van der Waals surface area contributed by atoms with Gasteiger partial charge in [-0.3, -0.25) is 0 Å². The maximum absolute atomic E-state index is 6.28. The van der Waals surface area contributed by atoms with Crippen LogP contribution in [0.1, 0.15) is 59.3 Å². The van der Waals surface area contributed by atoms with Gasteiger partial charge in [0, 0.05) is 18.8 Å². The van der Waals surface area contributed by atoms with Crippen molar-refractivity contribution in [1.82, 2.24) is 0 Å². The number of hydrogen-bond donors (Lipinski definition) is 0. The van der Waals surface area contributed by atoms with Crippen LogP contribution >= 0.6 is 0 Å². The highest BCUT2D eigenvalue weighted by Crippen LogP contribution is 2.47. The molecule has 0 radical (unpaired) electrons. The second kappa shape index (κ2) is 6.83. The lowest BCUT2D eigenvalue weighted by molar-refractivity contribution is 0.0394. The molecule has 2 atom stereocenters. The fourth-order valence-corrected chi connectivity index (χ4v) is 3.92. The first kappa shape index (κ1) is 16.4. The van der Waals surface area contributed by atoms with Gasteiger partial charge in [0.2, 0.25) is 0 Å². The van der Waals surface area contributed by atoms with Crippen molar-refractivity contribution in [1.29, 1.82) is 0 Å². The van der Waals surface area contributed by atoms with Crippen molar-refractivity contribution < 1.29 is 9.47 Å². The van der Waals surface area contributed by atoms with Crippen LogP contribution in [-0.4, -0.2) is 18.8 Å². The maximum atomic E-state index is 6.28. The van der Waals surface area contributed by atoms with Crippen LogP contribution in [-0.2, 0) is 9.47 Å². The Morgan fingerprint density at radius 1 is 1.38 bits per heavy atom. The second-order valence-corrected chi connectivity index (χ2v) is 6.67. The zero-order valence-electron chi connectivity index (χ0n) is 14.0. The molecule has 0 N–H and O–H groups in total. The first-order valence-electron chi connectivity index (χ1n) is 8.33. The molecule has 2 rings (SSSR count). The maximum Gasteiger partial charge on any atom is 0.135 e. The van der Waals surface area contributed by atoms with Gasteiger partial charge in [0.1, 0.15) is 11.4 Å². The molecule has 2 aliphatic heterocycles. The summed E-state index contributed by atoms with van der Waals surface area (Å²) in [6.07, 6.45) is 6.87. The highest BCUT2D eigenvalue weighted by Gasteiger charge is 2.42. The zero-order valence-corrected chi connectivity index (χ0v) is 14.0. The number of allylic oxidation sites excluding steroid dienone is 1. The van der Waals surface area contributed by atoms with E-state index in [2.05, 4.69) is 33.9 Å². The lowest BCUT2D eigenvalue weighted by Crippen LogP contribution is -2.31. The Kier molecular flexibility index (Phi) is 5.32. The van der Waals surface area contributed by atoms with Crippen molar-refractivity contribution in [2.45, 2.75) is 64.9 Å². The minimum absolute atomic E-state index is 0.179. The summed E-state index contributed by atoms with van der Waals surface area (Å²) >= 11 is 0. The average molecular weight is 290 g/mol. The fraction of sp³-hybridized carbons (Fsp3) is 0.684. The van der Waals surface area contributed by atoms with Gasteiger partial charge in [-0.05, 0) is 57.4 Å². The summed E-state index contributed by atoms with van der Waals surface area (Å²) < 4.78 is 11.8. The lowest BCUT2D eigenvalue weighted by Gasteiger charge is -2.33. The molecule has 1 fully saturated rings. The predicted molar refractivity (Wildman–Crippen MR) is 88.2 cm³/mol. The topological polar surface area (TPSA) is 18.5 Å². The Bertz CT molecular complexity index is 440. The van der Waals surface area contributed by atoms with Gasteiger partial charge in [0.15, 0.2) is 0 Å². The van der Waals surface area contributed by atoms with E-state index in [9.17, 15) is 0 Å². The average Bonchev–Trinajstić information content (AvgIpc) is 2.98. The van der Waals surface area contributed by atoms with E-state index in [1.54, 1.807) is 0 Å². The van der Waals surface area contributed by atoms with Gasteiger partial charge in [0.25, 0.3) is 0 Å². The zero-order chi connectivity index (χ0) is 15.5. The van der Waals surface area contributed by atoms with Crippen LogP contribution in [0.3, 0.4) is 0 Å². The molecular formula is C19H30O2. The summed E-state index contributed by atoms with van der Waals surface area (Å²) in [5.41, 5.74) is 3.45. The first-order valence-corrected chi connectivity index (χ1v) is 8.33. The van der Waals surface area contributed by atoms with Gasteiger partial charge < -0.3 is 9.47 Å². The Labute approximate surface area is 129 Å². The van der Waals surface area contributed by atoms with E-state index in [1.165, 1.54) is 30.4 Å². The van der Waals surface area contributed by atoms with Gasteiger partial charge in [-0.1, -0.05) is 32.1 Å². The third kappa shape index (κ3) is 3.42. The summed E-state index contributed by atoms with van der Waals surface area (Å²) in [6.45, 7) is 16.6. The van der Waals surface area contributed by atoms with Crippen LogP contribution in [0.2, 0.25) is 0 Å². The SMILES string of the molecule is C=C(C)C1=C(C)C(=C)OC1(CCC)CCCC1CCOC1. The highest BCUT2D eigenvalue weighted by atomic mass is 16.5. The van der Waals surface area contributed by atoms with E-state index in [0.717, 1.165) is 49.7 Å². The van der Waals surface area contributed by atoms with E-state index in [0.29, 0.717) is 0 Å². The van der Waals surface area contributed by atoms with Crippen molar-refractivity contribution in [3.8, 4) is 0 Å². The van der Waals surface area contributed by atoms with E-state index in [1.807, 2.05) is 0 Å². The number of rotatable bonds is 7. The van der Waals surface area contributed by atoms with Gasteiger partial charge in [0.05, 0.1) is 0 Å². The standard InChI is InChI=1S/C19H30O2/c1-6-10-19(11-7-8-17-9-12-20-13-17)18(14(2)3)15(4)16(5)21-19/h17H,2,5-13H2,1,3-4H3. The lowest BCUT2D eigenvalue weighted by atomic mass is 9.80. The van der Waals surface area contributed by atoms with Crippen LogP contribution in [0.5, 0.6) is 0 Å². The molecule has 118 valence electrons. The number of ether oxygens (including phenoxy) is 2. The summed E-state index contributed by atoms with van der Waals surface area (Å²) in [4.78, 5) is 0. The molecule has 2 aliphatic rings. The van der Waals surface area contributed by atoms with Gasteiger partial charge in [-0.15, -0.1) is 0 Å². The Hall–Kier alpha value is -1.02. The molecule has 2 nitrogen and oxygen atoms in total. The molecule has 0 bridgehead atoms. The quantitative estimate of drug-likeness (QED) is 0.644. The van der Waals surface area contributed by atoms with Gasteiger partial charge >= 0.3 is 0 Å².